The molecule has 0 radical (unpaired) electrons. The van der Waals surface area contributed by atoms with Crippen LogP contribution in [0, 0.1) is 0 Å². The van der Waals surface area contributed by atoms with E-state index in [0.717, 1.165) is 4.91 Å². The van der Waals surface area contributed by atoms with E-state index in [4.69, 9.17) is 0 Å². The van der Waals surface area contributed by atoms with Crippen LogP contribution in [0.4, 0.5) is 0 Å². The summed E-state index contributed by atoms with van der Waals surface area (Å²) in [6, 6.07) is 0. The maximum Gasteiger partial charge on any atom is 0.164 e. The number of ketones is 2. The zero-order chi connectivity index (χ0) is 9.14. The molecule has 1 heterocycles. The van der Waals surface area contributed by atoms with Crippen molar-refractivity contribution in [3.05, 3.63) is 22.5 Å². The first-order valence-electron chi connectivity index (χ1n) is 3.77. The molecular formula is C9H12O2S. The van der Waals surface area contributed by atoms with E-state index in [-0.39, 0.29) is 11.6 Å². The highest BCUT2D eigenvalue weighted by atomic mass is 32.2. The Hall–Kier alpha value is -0.830. The molecule has 2 nitrogen and oxygen atoms in total. The number of rotatable bonds is 3. The SMILES string of the molecule is CC(=O)C[SH]1C=CC=C1C(C)=O. The van der Waals surface area contributed by atoms with Gasteiger partial charge in [-0.3, -0.25) is 9.59 Å². The molecule has 0 aliphatic carbocycles. The first-order valence-corrected chi connectivity index (χ1v) is 5.36. The summed E-state index contributed by atoms with van der Waals surface area (Å²) in [5, 5.41) is 1.97. The summed E-state index contributed by atoms with van der Waals surface area (Å²) in [5.41, 5.74) is 0. The van der Waals surface area contributed by atoms with Crippen LogP contribution in [-0.4, -0.2) is 17.3 Å². The zero-order valence-corrected chi connectivity index (χ0v) is 8.10. The van der Waals surface area contributed by atoms with Crippen molar-refractivity contribution in [3.63, 3.8) is 0 Å². The molecule has 12 heavy (non-hydrogen) atoms. The van der Waals surface area contributed by atoms with Gasteiger partial charge in [-0.05, 0) is 25.3 Å². The van der Waals surface area contributed by atoms with Crippen LogP contribution in [0.25, 0.3) is 0 Å². The van der Waals surface area contributed by atoms with Crippen LogP contribution in [0.1, 0.15) is 13.8 Å². The molecule has 1 aliphatic heterocycles. The van der Waals surface area contributed by atoms with Gasteiger partial charge in [0.05, 0.1) is 0 Å². The number of allylic oxidation sites excluding steroid dienone is 3. The van der Waals surface area contributed by atoms with Crippen molar-refractivity contribution in [1.29, 1.82) is 0 Å². The zero-order valence-electron chi connectivity index (χ0n) is 7.20. The van der Waals surface area contributed by atoms with Gasteiger partial charge in [0.15, 0.2) is 5.78 Å². The molecule has 0 saturated carbocycles. The van der Waals surface area contributed by atoms with Gasteiger partial charge < -0.3 is 0 Å². The third-order valence-corrected chi connectivity index (χ3v) is 3.98. The molecule has 0 aromatic rings. The number of carbonyl (C=O) groups excluding carboxylic acids is 2. The molecule has 0 amide bonds. The van der Waals surface area contributed by atoms with Gasteiger partial charge in [-0.15, -0.1) is 0 Å². The molecule has 1 atom stereocenters. The van der Waals surface area contributed by atoms with Crippen LogP contribution in [0.2, 0.25) is 0 Å². The van der Waals surface area contributed by atoms with Gasteiger partial charge in [0.25, 0.3) is 0 Å². The maximum absolute atomic E-state index is 11.0. The van der Waals surface area contributed by atoms with Crippen molar-refractivity contribution in [2.24, 2.45) is 0 Å². The monoisotopic (exact) mass is 184 g/mol. The maximum atomic E-state index is 11.0. The Morgan fingerprint density at radius 3 is 2.58 bits per heavy atom. The number of thiol groups is 1. The van der Waals surface area contributed by atoms with E-state index < -0.39 is 10.9 Å². The van der Waals surface area contributed by atoms with Crippen LogP contribution < -0.4 is 0 Å². The van der Waals surface area contributed by atoms with Gasteiger partial charge in [0.2, 0.25) is 0 Å². The van der Waals surface area contributed by atoms with Crippen LogP contribution in [0.3, 0.4) is 0 Å². The van der Waals surface area contributed by atoms with Crippen molar-refractivity contribution in [1.82, 2.24) is 0 Å². The Morgan fingerprint density at radius 2 is 2.08 bits per heavy atom. The summed E-state index contributed by atoms with van der Waals surface area (Å²) >= 11 is 0. The molecule has 0 bridgehead atoms. The lowest BCUT2D eigenvalue weighted by Crippen LogP contribution is -2.02. The van der Waals surface area contributed by atoms with Crippen molar-refractivity contribution < 1.29 is 9.59 Å². The second-order valence-electron chi connectivity index (χ2n) is 2.78. The fourth-order valence-electron chi connectivity index (χ4n) is 1.11. The highest BCUT2D eigenvalue weighted by molar-refractivity contribution is 8.24. The molecule has 0 spiro atoms. The highest BCUT2D eigenvalue weighted by Crippen LogP contribution is 2.40. The van der Waals surface area contributed by atoms with Gasteiger partial charge in [0, 0.05) is 10.7 Å². The molecule has 1 unspecified atom stereocenters. The summed E-state index contributed by atoms with van der Waals surface area (Å²) in [6.45, 7) is 3.11. The van der Waals surface area contributed by atoms with Gasteiger partial charge >= 0.3 is 0 Å². The van der Waals surface area contributed by atoms with E-state index in [1.54, 1.807) is 13.8 Å². The van der Waals surface area contributed by atoms with Crippen LogP contribution in [0.5, 0.6) is 0 Å². The Bertz CT molecular complexity index is 276. The standard InChI is InChI=1S/C9H12O2S/c1-7(10)6-12-5-3-4-9(12)8(2)11/h3-5,12H,6H2,1-2H3. The van der Waals surface area contributed by atoms with Gasteiger partial charge in [0.1, 0.15) is 5.78 Å². The van der Waals surface area contributed by atoms with Crippen molar-refractivity contribution in [2.45, 2.75) is 13.8 Å². The van der Waals surface area contributed by atoms with E-state index in [1.165, 1.54) is 0 Å². The number of carbonyl (C=O) groups is 2. The lowest BCUT2D eigenvalue weighted by Gasteiger charge is -2.13. The first kappa shape index (κ1) is 9.26. The Kier molecular flexibility index (Phi) is 2.87. The normalized spacial score (nSPS) is 23.8. The van der Waals surface area contributed by atoms with Crippen molar-refractivity contribution in [3.8, 4) is 0 Å². The van der Waals surface area contributed by atoms with E-state index in [9.17, 15) is 9.59 Å². The Morgan fingerprint density at radius 1 is 1.42 bits per heavy atom. The largest absolute Gasteiger partial charge is 0.299 e. The second-order valence-corrected chi connectivity index (χ2v) is 4.82. The fourth-order valence-corrected chi connectivity index (χ4v) is 3.00. The van der Waals surface area contributed by atoms with E-state index in [0.29, 0.717) is 5.75 Å². The minimum Gasteiger partial charge on any atom is -0.299 e. The highest BCUT2D eigenvalue weighted by Gasteiger charge is 2.15. The summed E-state index contributed by atoms with van der Waals surface area (Å²) in [4.78, 5) is 22.7. The molecule has 1 aliphatic rings. The van der Waals surface area contributed by atoms with Gasteiger partial charge in [-0.2, -0.15) is 10.9 Å². The summed E-state index contributed by atoms with van der Waals surface area (Å²) in [6.07, 6.45) is 3.68. The van der Waals surface area contributed by atoms with Gasteiger partial charge in [-0.1, -0.05) is 6.08 Å². The summed E-state index contributed by atoms with van der Waals surface area (Å²) in [7, 11) is -0.606. The van der Waals surface area contributed by atoms with Crippen LogP contribution >= 0.6 is 10.9 Å². The third-order valence-electron chi connectivity index (χ3n) is 1.58. The lowest BCUT2D eigenvalue weighted by atomic mass is 10.4. The summed E-state index contributed by atoms with van der Waals surface area (Å²) in [5.74, 6) is 0.754. The number of Topliss-reactive ketones (excluding diaryl/α,β-unsaturated/α-hetero) is 2. The minimum atomic E-state index is -0.606. The van der Waals surface area contributed by atoms with Crippen molar-refractivity contribution >= 4 is 22.5 Å². The van der Waals surface area contributed by atoms with E-state index >= 15 is 0 Å². The first-order chi connectivity index (χ1) is 5.61. The average Bonchev–Trinajstić information content (AvgIpc) is 2.33. The molecular weight excluding hydrogens is 172 g/mol. The molecule has 0 N–H and O–H groups in total. The minimum absolute atomic E-state index is 0.0901. The average molecular weight is 184 g/mol. The number of hydrogen-bond donors (Lipinski definition) is 1. The van der Waals surface area contributed by atoms with Crippen LogP contribution in [0.15, 0.2) is 22.5 Å². The van der Waals surface area contributed by atoms with Crippen molar-refractivity contribution in [2.75, 3.05) is 5.75 Å². The Balaban J connectivity index is 2.67. The predicted molar refractivity (Wildman–Crippen MR) is 52.4 cm³/mol. The molecule has 0 saturated heterocycles. The van der Waals surface area contributed by atoms with Crippen LogP contribution in [-0.2, 0) is 9.59 Å². The molecule has 0 fully saturated rings. The number of hydrogen-bond acceptors (Lipinski definition) is 2. The van der Waals surface area contributed by atoms with E-state index in [2.05, 4.69) is 0 Å². The summed E-state index contributed by atoms with van der Waals surface area (Å²) < 4.78 is 0. The predicted octanol–water partition coefficient (Wildman–Crippen LogP) is 1.58. The molecule has 0 aromatic heterocycles. The molecule has 3 heteroatoms. The van der Waals surface area contributed by atoms with Gasteiger partial charge in [-0.25, -0.2) is 0 Å². The molecule has 0 aromatic carbocycles. The Labute approximate surface area is 74.7 Å². The lowest BCUT2D eigenvalue weighted by molar-refractivity contribution is -0.114. The quantitative estimate of drug-likeness (QED) is 0.676. The topological polar surface area (TPSA) is 34.1 Å². The molecule has 66 valence electrons. The third kappa shape index (κ3) is 2.08. The molecule has 1 rings (SSSR count). The smallest absolute Gasteiger partial charge is 0.164 e. The fraction of sp³-hybridized carbons (Fsp3) is 0.333. The van der Waals surface area contributed by atoms with E-state index in [1.807, 2.05) is 17.6 Å². The second kappa shape index (κ2) is 3.72.